The Bertz CT molecular complexity index is 416. The zero-order chi connectivity index (χ0) is 15.3. The third kappa shape index (κ3) is 4.80. The predicted octanol–water partition coefficient (Wildman–Crippen LogP) is 3.55. The molecule has 1 heterocycles. The highest BCUT2D eigenvalue weighted by atomic mass is 15.3. The molecule has 1 aliphatic rings. The van der Waals surface area contributed by atoms with Crippen molar-refractivity contribution in [2.45, 2.75) is 84.2 Å². The van der Waals surface area contributed by atoms with Crippen molar-refractivity contribution in [3.63, 3.8) is 0 Å². The van der Waals surface area contributed by atoms with Gasteiger partial charge in [-0.3, -0.25) is 0 Å². The van der Waals surface area contributed by atoms with Gasteiger partial charge in [-0.2, -0.15) is 5.10 Å². The fourth-order valence-electron chi connectivity index (χ4n) is 3.45. The van der Waals surface area contributed by atoms with Gasteiger partial charge in [-0.1, -0.05) is 40.0 Å². The van der Waals surface area contributed by atoms with Crippen LogP contribution in [0.3, 0.4) is 0 Å². The lowest BCUT2D eigenvalue weighted by Gasteiger charge is -2.37. The second-order valence-electron chi connectivity index (χ2n) is 7.38. The van der Waals surface area contributed by atoms with Gasteiger partial charge in [0.05, 0.1) is 0 Å². The van der Waals surface area contributed by atoms with Crippen molar-refractivity contribution < 1.29 is 0 Å². The van der Waals surface area contributed by atoms with E-state index >= 15 is 0 Å². The number of aromatic nitrogens is 3. The summed E-state index contributed by atoms with van der Waals surface area (Å²) in [5.41, 5.74) is 6.59. The number of unbranched alkanes of at least 4 members (excludes halogenated alkanes) is 1. The Kier molecular flexibility index (Phi) is 5.80. The lowest BCUT2D eigenvalue weighted by molar-refractivity contribution is 0.216. The minimum absolute atomic E-state index is 0.0650. The van der Waals surface area contributed by atoms with Crippen molar-refractivity contribution in [1.29, 1.82) is 0 Å². The van der Waals surface area contributed by atoms with Crippen LogP contribution >= 0.6 is 0 Å². The van der Waals surface area contributed by atoms with Gasteiger partial charge in [0.2, 0.25) is 0 Å². The highest BCUT2D eigenvalue weighted by molar-refractivity contribution is 5.00. The third-order valence-corrected chi connectivity index (χ3v) is 4.81. The first kappa shape index (κ1) is 16.5. The minimum Gasteiger partial charge on any atom is -0.325 e. The van der Waals surface area contributed by atoms with Crippen LogP contribution in [-0.4, -0.2) is 20.3 Å². The Hall–Kier alpha value is -0.900. The van der Waals surface area contributed by atoms with Crippen molar-refractivity contribution in [1.82, 2.24) is 14.8 Å². The van der Waals surface area contributed by atoms with Gasteiger partial charge < -0.3 is 5.73 Å². The van der Waals surface area contributed by atoms with Gasteiger partial charge in [-0.25, -0.2) is 9.67 Å². The monoisotopic (exact) mass is 292 g/mol. The lowest BCUT2D eigenvalue weighted by atomic mass is 9.74. The van der Waals surface area contributed by atoms with Gasteiger partial charge in [0, 0.05) is 18.5 Å². The number of nitrogens with two attached hydrogens (primary N) is 1. The molecule has 1 aromatic rings. The number of nitrogens with zero attached hydrogens (tertiary/aromatic N) is 3. The quantitative estimate of drug-likeness (QED) is 0.836. The van der Waals surface area contributed by atoms with Gasteiger partial charge in [-0.05, 0) is 37.5 Å². The largest absolute Gasteiger partial charge is 0.325 e. The molecule has 0 aromatic carbocycles. The summed E-state index contributed by atoms with van der Waals surface area (Å²) in [4.78, 5) is 4.45. The average Bonchev–Trinajstić information content (AvgIpc) is 2.84. The minimum atomic E-state index is -0.0650. The Labute approximate surface area is 129 Å². The van der Waals surface area contributed by atoms with Crippen LogP contribution in [0.5, 0.6) is 0 Å². The average molecular weight is 292 g/mol. The fraction of sp³-hybridized carbons (Fsp3) is 0.882. The number of hydrogen-bond donors (Lipinski definition) is 1. The molecular formula is C17H32N4. The molecule has 0 unspecified atom stereocenters. The first-order valence-electron chi connectivity index (χ1n) is 8.68. The van der Waals surface area contributed by atoms with Gasteiger partial charge in [0.15, 0.2) is 0 Å². The predicted molar refractivity (Wildman–Crippen MR) is 87.0 cm³/mol. The molecule has 0 bridgehead atoms. The highest BCUT2D eigenvalue weighted by Gasteiger charge is 2.33. The van der Waals surface area contributed by atoms with Crippen LogP contribution < -0.4 is 5.73 Å². The van der Waals surface area contributed by atoms with Gasteiger partial charge >= 0.3 is 0 Å². The molecule has 2 N–H and O–H groups in total. The van der Waals surface area contributed by atoms with Crippen molar-refractivity contribution in [3.8, 4) is 0 Å². The maximum absolute atomic E-state index is 6.66. The van der Waals surface area contributed by atoms with Crippen LogP contribution in [0.1, 0.15) is 71.5 Å². The zero-order valence-electron chi connectivity index (χ0n) is 14.0. The van der Waals surface area contributed by atoms with E-state index in [4.69, 9.17) is 5.73 Å². The number of rotatable bonds is 7. The van der Waals surface area contributed by atoms with Gasteiger partial charge in [0.1, 0.15) is 12.2 Å². The molecule has 0 saturated heterocycles. The van der Waals surface area contributed by atoms with Crippen LogP contribution in [0.4, 0.5) is 0 Å². The maximum atomic E-state index is 6.66. The summed E-state index contributed by atoms with van der Waals surface area (Å²) in [6.07, 6.45) is 11.5. The first-order chi connectivity index (χ1) is 10.0. The van der Waals surface area contributed by atoms with Crippen molar-refractivity contribution in [3.05, 3.63) is 12.2 Å². The molecule has 1 saturated carbocycles. The molecule has 2 rings (SSSR count). The molecule has 1 aliphatic carbocycles. The second-order valence-corrected chi connectivity index (χ2v) is 7.38. The number of hydrogen-bond acceptors (Lipinski definition) is 3. The first-order valence-corrected chi connectivity index (χ1v) is 8.68. The highest BCUT2D eigenvalue weighted by Crippen LogP contribution is 2.34. The van der Waals surface area contributed by atoms with Crippen molar-refractivity contribution in [2.75, 3.05) is 0 Å². The van der Waals surface area contributed by atoms with Gasteiger partial charge in [0.25, 0.3) is 0 Å². The molecular weight excluding hydrogens is 260 g/mol. The van der Waals surface area contributed by atoms with Gasteiger partial charge in [-0.15, -0.1) is 0 Å². The summed E-state index contributed by atoms with van der Waals surface area (Å²) in [6.45, 7) is 7.63. The molecule has 0 atom stereocenters. The van der Waals surface area contributed by atoms with Crippen molar-refractivity contribution >= 4 is 0 Å². The molecule has 21 heavy (non-hydrogen) atoms. The molecule has 0 aliphatic heterocycles. The van der Waals surface area contributed by atoms with Crippen LogP contribution in [0, 0.1) is 11.8 Å². The van der Waals surface area contributed by atoms with Crippen molar-refractivity contribution in [2.24, 2.45) is 17.6 Å². The van der Waals surface area contributed by atoms with Crippen LogP contribution in [0.15, 0.2) is 6.33 Å². The second kappa shape index (κ2) is 7.39. The maximum Gasteiger partial charge on any atom is 0.138 e. The molecule has 4 nitrogen and oxygen atoms in total. The summed E-state index contributed by atoms with van der Waals surface area (Å²) in [7, 11) is 0. The SMILES string of the molecule is CCCCC1CCC(N)(Cc2ncnn2CC(C)C)CC1. The normalized spacial score (nSPS) is 26.4. The molecule has 1 aromatic heterocycles. The van der Waals surface area contributed by atoms with E-state index in [1.165, 1.54) is 32.1 Å². The van der Waals surface area contributed by atoms with E-state index in [1.807, 2.05) is 4.68 Å². The fourth-order valence-corrected chi connectivity index (χ4v) is 3.45. The topological polar surface area (TPSA) is 56.7 Å². The third-order valence-electron chi connectivity index (χ3n) is 4.81. The molecule has 120 valence electrons. The van der Waals surface area contributed by atoms with E-state index < -0.39 is 0 Å². The van der Waals surface area contributed by atoms with E-state index in [0.29, 0.717) is 5.92 Å². The Morgan fingerprint density at radius 2 is 2.10 bits per heavy atom. The van der Waals surface area contributed by atoms with Crippen LogP contribution in [-0.2, 0) is 13.0 Å². The summed E-state index contributed by atoms with van der Waals surface area (Å²) in [6, 6.07) is 0. The van der Waals surface area contributed by atoms with E-state index in [2.05, 4.69) is 30.9 Å². The molecule has 0 amide bonds. The molecule has 0 radical (unpaired) electrons. The van der Waals surface area contributed by atoms with Crippen LogP contribution in [0.2, 0.25) is 0 Å². The molecule has 0 spiro atoms. The summed E-state index contributed by atoms with van der Waals surface area (Å²) in [5.74, 6) is 2.55. The Balaban J connectivity index is 1.89. The van der Waals surface area contributed by atoms with Crippen LogP contribution in [0.25, 0.3) is 0 Å². The summed E-state index contributed by atoms with van der Waals surface area (Å²) in [5, 5.41) is 4.36. The summed E-state index contributed by atoms with van der Waals surface area (Å²) >= 11 is 0. The van der Waals surface area contributed by atoms with E-state index in [0.717, 1.165) is 37.5 Å². The molecule has 4 heteroatoms. The Morgan fingerprint density at radius 1 is 1.38 bits per heavy atom. The standard InChI is InChI=1S/C17H32N4/c1-4-5-6-15-7-9-17(18,10-8-15)11-16-19-13-20-21(16)12-14(2)3/h13-15H,4-12,18H2,1-3H3. The van der Waals surface area contributed by atoms with E-state index in [9.17, 15) is 0 Å². The molecule has 1 fully saturated rings. The van der Waals surface area contributed by atoms with E-state index in [-0.39, 0.29) is 5.54 Å². The Morgan fingerprint density at radius 3 is 2.71 bits per heavy atom. The smallest absolute Gasteiger partial charge is 0.138 e. The summed E-state index contributed by atoms with van der Waals surface area (Å²) < 4.78 is 2.04. The van der Waals surface area contributed by atoms with E-state index in [1.54, 1.807) is 6.33 Å². The zero-order valence-corrected chi connectivity index (χ0v) is 14.0. The lowest BCUT2D eigenvalue weighted by Crippen LogP contribution is -2.46.